The third-order valence-corrected chi connectivity index (χ3v) is 9.97. The van der Waals surface area contributed by atoms with Gasteiger partial charge in [-0.3, -0.25) is 10.8 Å². The van der Waals surface area contributed by atoms with Crippen molar-refractivity contribution in [1.82, 2.24) is 10.9 Å². The summed E-state index contributed by atoms with van der Waals surface area (Å²) in [5, 5.41) is 29.7. The molecular weight excluding hydrogens is 376 g/mol. The molecule has 0 bridgehead atoms. The second-order valence-electron chi connectivity index (χ2n) is 11.4. The first-order chi connectivity index (χ1) is 14.1. The van der Waals surface area contributed by atoms with Gasteiger partial charge in [0.05, 0.1) is 11.7 Å². The van der Waals surface area contributed by atoms with Crippen LogP contribution in [0.25, 0.3) is 0 Å². The van der Waals surface area contributed by atoms with Crippen molar-refractivity contribution in [3.63, 3.8) is 0 Å². The van der Waals surface area contributed by atoms with Crippen LogP contribution >= 0.6 is 0 Å². The topological polar surface area (TPSA) is 114 Å². The molecule has 0 radical (unpaired) electrons. The van der Waals surface area contributed by atoms with Crippen molar-refractivity contribution < 1.29 is 10.2 Å². The Balaban J connectivity index is 1.52. The number of allylic oxidation sites excluding steroid dienone is 1. The number of nitrogens with two attached hydrogens (primary N) is 1. The summed E-state index contributed by atoms with van der Waals surface area (Å²) in [6.07, 6.45) is 11.8. The maximum Gasteiger partial charge on any atom is 0.200 e. The van der Waals surface area contributed by atoms with Crippen LogP contribution in [0.15, 0.2) is 11.6 Å². The van der Waals surface area contributed by atoms with Gasteiger partial charge in [0.25, 0.3) is 0 Å². The number of hydrazine groups is 1. The Hall–Kier alpha value is -1.11. The Morgan fingerprint density at radius 1 is 1.10 bits per heavy atom. The standard InChI is InChI=1S/C24H42N4O2/c1-15(14-27-28-21(25)26)12-17-6-11-24(30)20-5-4-16-13-18(29)7-9-22(16,2)19(20)8-10-23(17,24)3/h12,16-20,27,29-30H,4-11,13-14H2,1-3H3,(H4,25,26,28)/b15-12+/t16-,17-,18+,19+,20-,22+,23-,24+/m1/s1. The molecule has 6 heteroatoms. The molecule has 0 heterocycles. The lowest BCUT2D eigenvalue weighted by Gasteiger charge is -2.63. The van der Waals surface area contributed by atoms with E-state index in [2.05, 4.69) is 37.7 Å². The van der Waals surface area contributed by atoms with Crippen LogP contribution < -0.4 is 16.6 Å². The van der Waals surface area contributed by atoms with Crippen LogP contribution in [0.4, 0.5) is 0 Å². The highest BCUT2D eigenvalue weighted by Crippen LogP contribution is 2.69. The van der Waals surface area contributed by atoms with Gasteiger partial charge >= 0.3 is 0 Å². The summed E-state index contributed by atoms with van der Waals surface area (Å²) >= 11 is 0. The maximum absolute atomic E-state index is 12.2. The molecule has 4 fully saturated rings. The molecule has 0 aromatic heterocycles. The van der Waals surface area contributed by atoms with Crippen molar-refractivity contribution in [3.8, 4) is 0 Å². The Kier molecular flexibility index (Phi) is 5.74. The van der Waals surface area contributed by atoms with Crippen LogP contribution in [-0.4, -0.2) is 34.4 Å². The van der Waals surface area contributed by atoms with E-state index in [-0.39, 0.29) is 22.9 Å². The zero-order valence-electron chi connectivity index (χ0n) is 19.0. The minimum atomic E-state index is -0.577. The number of nitrogens with one attached hydrogen (secondary N) is 3. The van der Waals surface area contributed by atoms with Gasteiger partial charge in [0.15, 0.2) is 5.96 Å². The second kappa shape index (κ2) is 7.79. The summed E-state index contributed by atoms with van der Waals surface area (Å²) in [6, 6.07) is 0. The summed E-state index contributed by atoms with van der Waals surface area (Å²) in [5.41, 5.74) is 11.8. The van der Waals surface area contributed by atoms with E-state index in [1.54, 1.807) is 0 Å². The number of fused-ring (bicyclic) bond motifs is 5. The van der Waals surface area contributed by atoms with Crippen LogP contribution in [0.5, 0.6) is 0 Å². The quantitative estimate of drug-likeness (QED) is 0.182. The molecule has 4 saturated carbocycles. The third kappa shape index (κ3) is 3.39. The number of rotatable bonds is 4. The lowest BCUT2D eigenvalue weighted by Crippen LogP contribution is -2.62. The highest BCUT2D eigenvalue weighted by atomic mass is 16.3. The summed E-state index contributed by atoms with van der Waals surface area (Å²) in [4.78, 5) is 0. The van der Waals surface area contributed by atoms with Crippen LogP contribution in [0.1, 0.15) is 78.6 Å². The molecule has 7 N–H and O–H groups in total. The molecule has 8 atom stereocenters. The first kappa shape index (κ1) is 22.1. The lowest BCUT2D eigenvalue weighted by molar-refractivity contribution is -0.207. The molecule has 0 aliphatic heterocycles. The fourth-order valence-electron chi connectivity index (χ4n) is 8.19. The van der Waals surface area contributed by atoms with Crippen molar-refractivity contribution in [2.75, 3.05) is 6.54 Å². The zero-order chi connectivity index (χ0) is 21.7. The Morgan fingerprint density at radius 2 is 1.87 bits per heavy atom. The van der Waals surface area contributed by atoms with Gasteiger partial charge in [-0.15, -0.1) is 0 Å². The number of hydrogen-bond donors (Lipinski definition) is 6. The molecule has 6 nitrogen and oxygen atoms in total. The molecule has 4 aliphatic rings. The van der Waals surface area contributed by atoms with Crippen molar-refractivity contribution in [1.29, 1.82) is 5.41 Å². The average Bonchev–Trinajstić information content (AvgIpc) is 2.93. The summed E-state index contributed by atoms with van der Waals surface area (Å²) < 4.78 is 0. The molecule has 0 unspecified atom stereocenters. The average molecular weight is 419 g/mol. The third-order valence-electron chi connectivity index (χ3n) is 9.97. The SMILES string of the molecule is C/C(=C\[C@H]1CC[C@]2(O)[C@@H]3CC[C@@H]4C[C@@H](O)CC[C@]4(C)[C@H]3CC[C@]12C)CNNC(=N)N. The number of aliphatic hydroxyl groups excluding tert-OH is 1. The summed E-state index contributed by atoms with van der Waals surface area (Å²) in [6.45, 7) is 7.56. The van der Waals surface area contributed by atoms with Gasteiger partial charge in [0.2, 0.25) is 0 Å². The molecule has 0 saturated heterocycles. The van der Waals surface area contributed by atoms with Gasteiger partial charge < -0.3 is 15.9 Å². The van der Waals surface area contributed by atoms with Crippen LogP contribution in [0, 0.1) is 39.9 Å². The van der Waals surface area contributed by atoms with E-state index < -0.39 is 5.60 Å². The van der Waals surface area contributed by atoms with E-state index in [0.717, 1.165) is 51.4 Å². The molecule has 30 heavy (non-hydrogen) atoms. The Labute approximate surface area is 181 Å². The maximum atomic E-state index is 12.2. The number of aliphatic hydroxyl groups is 2. The van der Waals surface area contributed by atoms with Crippen molar-refractivity contribution in [2.45, 2.75) is 90.3 Å². The van der Waals surface area contributed by atoms with Crippen LogP contribution in [0.2, 0.25) is 0 Å². The summed E-state index contributed by atoms with van der Waals surface area (Å²) in [7, 11) is 0. The van der Waals surface area contributed by atoms with E-state index >= 15 is 0 Å². The fraction of sp³-hybridized carbons (Fsp3) is 0.875. The Morgan fingerprint density at radius 3 is 2.60 bits per heavy atom. The highest BCUT2D eigenvalue weighted by molar-refractivity contribution is 5.73. The molecule has 0 spiro atoms. The Bertz CT molecular complexity index is 711. The molecule has 170 valence electrons. The molecule has 0 aromatic carbocycles. The van der Waals surface area contributed by atoms with Gasteiger partial charge in [-0.25, -0.2) is 5.43 Å². The molecule has 0 aromatic rings. The molecular formula is C24H42N4O2. The van der Waals surface area contributed by atoms with Gasteiger partial charge in [-0.05, 0) is 93.8 Å². The van der Waals surface area contributed by atoms with Crippen LogP contribution in [-0.2, 0) is 0 Å². The predicted octanol–water partition coefficient (Wildman–Crippen LogP) is 3.06. The van der Waals surface area contributed by atoms with Crippen molar-refractivity contribution in [3.05, 3.63) is 11.6 Å². The predicted molar refractivity (Wildman–Crippen MR) is 119 cm³/mol. The summed E-state index contributed by atoms with van der Waals surface area (Å²) in [5.74, 6) is 1.91. The highest BCUT2D eigenvalue weighted by Gasteiger charge is 2.66. The van der Waals surface area contributed by atoms with Crippen molar-refractivity contribution in [2.24, 2.45) is 40.2 Å². The van der Waals surface area contributed by atoms with E-state index in [1.165, 1.54) is 12.0 Å². The van der Waals surface area contributed by atoms with Gasteiger partial charge in [0, 0.05) is 12.0 Å². The number of guanidine groups is 1. The molecule has 0 amide bonds. The largest absolute Gasteiger partial charge is 0.393 e. The first-order valence-corrected chi connectivity index (χ1v) is 12.0. The number of hydrogen-bond acceptors (Lipinski definition) is 4. The minimum Gasteiger partial charge on any atom is -0.393 e. The van der Waals surface area contributed by atoms with Gasteiger partial charge in [-0.1, -0.05) is 25.5 Å². The monoisotopic (exact) mass is 418 g/mol. The van der Waals surface area contributed by atoms with Gasteiger partial charge in [0.1, 0.15) is 0 Å². The van der Waals surface area contributed by atoms with Crippen LogP contribution in [0.3, 0.4) is 0 Å². The minimum absolute atomic E-state index is 0.0686. The first-order valence-electron chi connectivity index (χ1n) is 12.0. The second-order valence-corrected chi connectivity index (χ2v) is 11.4. The van der Waals surface area contributed by atoms with E-state index in [9.17, 15) is 10.2 Å². The van der Waals surface area contributed by atoms with E-state index in [4.69, 9.17) is 11.1 Å². The van der Waals surface area contributed by atoms with E-state index in [0.29, 0.717) is 30.2 Å². The van der Waals surface area contributed by atoms with Crippen molar-refractivity contribution >= 4 is 5.96 Å². The zero-order valence-corrected chi connectivity index (χ0v) is 19.0. The fourth-order valence-corrected chi connectivity index (χ4v) is 8.19. The normalized spacial score (nSPS) is 48.4. The lowest BCUT2D eigenvalue weighted by atomic mass is 9.43. The molecule has 4 aliphatic carbocycles. The smallest absolute Gasteiger partial charge is 0.200 e. The van der Waals surface area contributed by atoms with E-state index in [1.807, 2.05) is 0 Å². The van der Waals surface area contributed by atoms with Gasteiger partial charge in [-0.2, -0.15) is 0 Å². The molecule has 4 rings (SSSR count).